The van der Waals surface area contributed by atoms with Crippen molar-refractivity contribution < 1.29 is 38.5 Å². The van der Waals surface area contributed by atoms with Crippen LogP contribution in [0.15, 0.2) is 72.8 Å². The van der Waals surface area contributed by atoms with Crippen LogP contribution in [-0.4, -0.2) is 40.2 Å². The fourth-order valence-corrected chi connectivity index (χ4v) is 0.770. The zero-order valence-electron chi connectivity index (χ0n) is 19.2. The molecule has 5 nitrogen and oxygen atoms in total. The molecule has 0 saturated heterocycles. The van der Waals surface area contributed by atoms with Gasteiger partial charge in [-0.1, -0.05) is 122 Å². The van der Waals surface area contributed by atoms with E-state index < -0.39 is 20.0 Å². The van der Waals surface area contributed by atoms with Crippen LogP contribution in [0.5, 0.6) is 0 Å². The van der Waals surface area contributed by atoms with Gasteiger partial charge in [-0.25, -0.2) is 16.8 Å². The molecule has 0 spiro atoms. The SMILES string of the molecule is C.CC.CC.CC.CS(=O)(=O)[O-].CS(C)(=O)=O.[Mn].c1ccccc1.c1ccccc1. The summed E-state index contributed by atoms with van der Waals surface area (Å²) in [7, 11) is -6.58. The summed E-state index contributed by atoms with van der Waals surface area (Å²) in [5.41, 5.74) is 0. The van der Waals surface area contributed by atoms with Gasteiger partial charge in [0.25, 0.3) is 0 Å². The summed E-state index contributed by atoms with van der Waals surface area (Å²) < 4.78 is 46.5. The zero-order chi connectivity index (χ0) is 23.5. The third kappa shape index (κ3) is 153. The molecule has 0 heterocycles. The van der Waals surface area contributed by atoms with Gasteiger partial charge in [0.2, 0.25) is 0 Å². The van der Waals surface area contributed by atoms with Crippen molar-refractivity contribution >= 4 is 20.0 Å². The normalized spacial score (nSPS) is 7.67. The monoisotopic (exact) mass is 506 g/mol. The van der Waals surface area contributed by atoms with Crippen LogP contribution in [0.3, 0.4) is 0 Å². The Balaban J connectivity index is -0.0000000426. The summed E-state index contributed by atoms with van der Waals surface area (Å²) >= 11 is 0. The van der Waals surface area contributed by atoms with Crippen LogP contribution in [-0.2, 0) is 37.0 Å². The molecule has 0 N–H and O–H groups in total. The fourth-order valence-electron chi connectivity index (χ4n) is 0.770. The summed E-state index contributed by atoms with van der Waals surface area (Å²) in [6.45, 7) is 12.0. The summed E-state index contributed by atoms with van der Waals surface area (Å²) in [4.78, 5) is 0. The Morgan fingerprint density at radius 3 is 0.533 bits per heavy atom. The molecule has 30 heavy (non-hydrogen) atoms. The number of hydrogen-bond acceptors (Lipinski definition) is 5. The average molecular weight is 507 g/mol. The van der Waals surface area contributed by atoms with Gasteiger partial charge < -0.3 is 4.55 Å². The molecule has 0 aliphatic carbocycles. The van der Waals surface area contributed by atoms with Gasteiger partial charge in [0.15, 0.2) is 0 Å². The molecule has 0 unspecified atom stereocenters. The van der Waals surface area contributed by atoms with E-state index in [4.69, 9.17) is 13.0 Å². The second-order valence-electron chi connectivity index (χ2n) is 4.16. The third-order valence-corrected chi connectivity index (χ3v) is 1.33. The van der Waals surface area contributed by atoms with E-state index in [0.717, 1.165) is 12.5 Å². The molecule has 0 bridgehead atoms. The van der Waals surface area contributed by atoms with Crippen LogP contribution in [0.1, 0.15) is 49.0 Å². The van der Waals surface area contributed by atoms with Crippen molar-refractivity contribution in [1.82, 2.24) is 0 Å². The maximum atomic E-state index is 9.63. The number of rotatable bonds is 0. The largest absolute Gasteiger partial charge is 0.748 e. The molecule has 2 rings (SSSR count). The molecule has 0 aliphatic rings. The molecule has 0 aromatic heterocycles. The van der Waals surface area contributed by atoms with E-state index in [1.54, 1.807) is 0 Å². The Bertz CT molecular complexity index is 530. The quantitative estimate of drug-likeness (QED) is 0.327. The first kappa shape index (κ1) is 46.8. The minimum absolute atomic E-state index is 0. The molecule has 0 saturated carbocycles. The Morgan fingerprint density at radius 2 is 0.500 bits per heavy atom. The van der Waals surface area contributed by atoms with Gasteiger partial charge in [-0.15, -0.1) is 0 Å². The topological polar surface area (TPSA) is 91.3 Å². The van der Waals surface area contributed by atoms with Crippen molar-refractivity contribution in [2.24, 2.45) is 0 Å². The van der Waals surface area contributed by atoms with E-state index in [1.807, 2.05) is 114 Å². The van der Waals surface area contributed by atoms with Crippen molar-refractivity contribution in [2.45, 2.75) is 49.0 Å². The van der Waals surface area contributed by atoms with Gasteiger partial charge in [0, 0.05) is 35.8 Å². The van der Waals surface area contributed by atoms with Crippen molar-refractivity contribution in [2.75, 3.05) is 18.8 Å². The Kier molecular flexibility index (Phi) is 60.0. The van der Waals surface area contributed by atoms with Crippen LogP contribution >= 0.6 is 0 Å². The maximum absolute atomic E-state index is 9.63. The van der Waals surface area contributed by atoms with E-state index in [2.05, 4.69) is 0 Å². The summed E-state index contributed by atoms with van der Waals surface area (Å²) in [6, 6.07) is 24.0. The molecule has 0 fully saturated rings. The average Bonchev–Trinajstić information content (AvgIpc) is 2.67. The minimum Gasteiger partial charge on any atom is -0.748 e. The van der Waals surface area contributed by atoms with E-state index in [0.29, 0.717) is 6.26 Å². The number of sulfone groups is 1. The van der Waals surface area contributed by atoms with Crippen LogP contribution in [0, 0.1) is 0 Å². The predicted octanol–water partition coefficient (Wildman–Crippen LogP) is 5.91. The second-order valence-corrected chi connectivity index (χ2v) is 7.85. The Labute approximate surface area is 198 Å². The molecule has 2 aromatic carbocycles. The molecule has 181 valence electrons. The van der Waals surface area contributed by atoms with E-state index in [1.165, 1.54) is 0 Å². The smallest absolute Gasteiger partial charge is 0.144 e. The standard InChI is InChI=1S/2C6H6.C2H6O2S.3C2H6.CH4O3S.CH4.Mn/c2*1-2-4-6-5-3-1;1-5(2,3)4;3*1-2;1-5(2,3)4;;/h2*1-6H;1-2H3;3*1-2H3;1H3,(H,2,3,4);1H4;/p-1. The first-order chi connectivity index (χ1) is 13.0. The van der Waals surface area contributed by atoms with Gasteiger partial charge in [0.1, 0.15) is 9.84 Å². The van der Waals surface area contributed by atoms with Gasteiger partial charge in [-0.2, -0.15) is 0 Å². The summed E-state index contributed by atoms with van der Waals surface area (Å²) in [5.74, 6) is 0. The van der Waals surface area contributed by atoms with Crippen molar-refractivity contribution in [3.63, 3.8) is 0 Å². The van der Waals surface area contributed by atoms with E-state index in [9.17, 15) is 8.42 Å². The van der Waals surface area contributed by atoms with Crippen LogP contribution in [0.25, 0.3) is 0 Å². The van der Waals surface area contributed by atoms with Crippen molar-refractivity contribution in [3.05, 3.63) is 72.8 Å². The Morgan fingerprint density at radius 1 is 0.467 bits per heavy atom. The van der Waals surface area contributed by atoms with Gasteiger partial charge in [0.05, 0.1) is 10.1 Å². The van der Waals surface area contributed by atoms with E-state index >= 15 is 0 Å². The molecular weight excluding hydrogens is 463 g/mol. The molecule has 0 amide bonds. The van der Waals surface area contributed by atoms with Gasteiger partial charge in [-0.3, -0.25) is 0 Å². The number of hydrogen-bond donors (Lipinski definition) is 0. The minimum atomic E-state index is -3.92. The molecule has 8 heteroatoms. The first-order valence-electron chi connectivity index (χ1n) is 9.06. The molecule has 0 atom stereocenters. The summed E-state index contributed by atoms with van der Waals surface area (Å²) in [5, 5.41) is 0. The molecule has 2 aromatic rings. The molecular formula is C22H43MnO5S2-. The second kappa shape index (κ2) is 38.4. The van der Waals surface area contributed by atoms with Crippen LogP contribution in [0.4, 0.5) is 0 Å². The van der Waals surface area contributed by atoms with Crippen molar-refractivity contribution in [1.29, 1.82) is 0 Å². The fraction of sp³-hybridized carbons (Fsp3) is 0.455. The van der Waals surface area contributed by atoms with Gasteiger partial charge in [-0.05, 0) is 0 Å². The summed E-state index contributed by atoms with van der Waals surface area (Å²) in [6.07, 6.45) is 2.92. The predicted molar refractivity (Wildman–Crippen MR) is 130 cm³/mol. The Hall–Kier alpha value is -1.18. The third-order valence-electron chi connectivity index (χ3n) is 1.33. The maximum Gasteiger partial charge on any atom is 0.144 e. The van der Waals surface area contributed by atoms with Gasteiger partial charge >= 0.3 is 0 Å². The van der Waals surface area contributed by atoms with Crippen molar-refractivity contribution in [3.8, 4) is 0 Å². The molecule has 1 radical (unpaired) electrons. The van der Waals surface area contributed by atoms with Crippen LogP contribution in [0.2, 0.25) is 0 Å². The van der Waals surface area contributed by atoms with E-state index in [-0.39, 0.29) is 24.5 Å². The first-order valence-corrected chi connectivity index (χ1v) is 13.2. The molecule has 0 aliphatic heterocycles. The number of benzene rings is 2. The van der Waals surface area contributed by atoms with Crippen LogP contribution < -0.4 is 0 Å². The zero-order valence-corrected chi connectivity index (χ0v) is 22.0.